The quantitative estimate of drug-likeness (QED) is 0.557. The predicted molar refractivity (Wildman–Crippen MR) is 56.9 cm³/mol. The Bertz CT molecular complexity index is 291. The summed E-state index contributed by atoms with van der Waals surface area (Å²) in [5, 5.41) is 0.0832. The van der Waals surface area contributed by atoms with Gasteiger partial charge in [0.2, 0.25) is 0 Å². The molecule has 0 aliphatic carbocycles. The first-order chi connectivity index (χ1) is 6.74. The zero-order valence-corrected chi connectivity index (χ0v) is 9.11. The molecule has 1 aromatic rings. The fourth-order valence-electron chi connectivity index (χ4n) is 0.953. The number of alkyl halides is 1. The Balaban J connectivity index is 2.39. The highest BCUT2D eigenvalue weighted by Crippen LogP contribution is 2.21. The van der Waals surface area contributed by atoms with Crippen molar-refractivity contribution in [1.82, 2.24) is 0 Å². The Morgan fingerprint density at radius 1 is 1.29 bits per heavy atom. The van der Waals surface area contributed by atoms with Gasteiger partial charge in [-0.15, -0.1) is 11.6 Å². The van der Waals surface area contributed by atoms with Crippen molar-refractivity contribution < 1.29 is 9.13 Å². The topological polar surface area (TPSA) is 9.23 Å². The van der Waals surface area contributed by atoms with E-state index in [9.17, 15) is 4.39 Å². The zero-order chi connectivity index (χ0) is 10.4. The monoisotopic (exact) mass is 236 g/mol. The van der Waals surface area contributed by atoms with Gasteiger partial charge in [-0.05, 0) is 25.0 Å². The van der Waals surface area contributed by atoms with Gasteiger partial charge in [0, 0.05) is 11.9 Å². The maximum Gasteiger partial charge on any atom is 0.142 e. The number of unbranched alkanes of at least 4 members (excludes halogenated alkanes) is 1. The van der Waals surface area contributed by atoms with Crippen LogP contribution in [0.5, 0.6) is 5.75 Å². The largest absolute Gasteiger partial charge is 0.494 e. The van der Waals surface area contributed by atoms with Crippen molar-refractivity contribution in [3.63, 3.8) is 0 Å². The highest BCUT2D eigenvalue weighted by atomic mass is 35.5. The summed E-state index contributed by atoms with van der Waals surface area (Å²) < 4.78 is 18.1. The molecule has 0 bridgehead atoms. The first-order valence-electron chi connectivity index (χ1n) is 4.38. The molecule has 1 rings (SSSR count). The van der Waals surface area contributed by atoms with E-state index in [4.69, 9.17) is 27.9 Å². The summed E-state index contributed by atoms with van der Waals surface area (Å²) in [6.45, 7) is 0.578. The fraction of sp³-hybridized carbons (Fsp3) is 0.400. The van der Waals surface area contributed by atoms with Crippen molar-refractivity contribution in [3.8, 4) is 5.75 Å². The molecule has 0 aliphatic heterocycles. The lowest BCUT2D eigenvalue weighted by atomic mass is 10.3. The van der Waals surface area contributed by atoms with Crippen LogP contribution in [0.2, 0.25) is 5.02 Å². The Hall–Kier alpha value is -0.470. The third kappa shape index (κ3) is 3.72. The highest BCUT2D eigenvalue weighted by Gasteiger charge is 2.00. The number of rotatable bonds is 5. The standard InChI is InChI=1S/C10H11Cl2FO/c11-5-1-2-6-14-8-3-4-10(13)9(12)7-8/h3-4,7H,1-2,5-6H2. The van der Waals surface area contributed by atoms with E-state index in [0.717, 1.165) is 12.8 Å². The molecule has 78 valence electrons. The minimum absolute atomic E-state index is 0.0832. The molecule has 1 nitrogen and oxygen atoms in total. The molecule has 0 saturated heterocycles. The molecule has 0 spiro atoms. The van der Waals surface area contributed by atoms with Gasteiger partial charge in [-0.1, -0.05) is 11.6 Å². The number of benzene rings is 1. The minimum atomic E-state index is -0.431. The molecule has 0 aromatic heterocycles. The van der Waals surface area contributed by atoms with Crippen LogP contribution in [-0.4, -0.2) is 12.5 Å². The van der Waals surface area contributed by atoms with Gasteiger partial charge in [-0.2, -0.15) is 0 Å². The van der Waals surface area contributed by atoms with Crippen LogP contribution < -0.4 is 4.74 Å². The van der Waals surface area contributed by atoms with Gasteiger partial charge in [0.25, 0.3) is 0 Å². The molecule has 4 heteroatoms. The van der Waals surface area contributed by atoms with E-state index in [0.29, 0.717) is 18.2 Å². The maximum atomic E-state index is 12.7. The molecule has 0 saturated carbocycles. The van der Waals surface area contributed by atoms with E-state index in [2.05, 4.69) is 0 Å². The van der Waals surface area contributed by atoms with Crippen molar-refractivity contribution in [2.45, 2.75) is 12.8 Å². The van der Waals surface area contributed by atoms with Crippen LogP contribution >= 0.6 is 23.2 Å². The Morgan fingerprint density at radius 2 is 2.07 bits per heavy atom. The summed E-state index contributed by atoms with van der Waals surface area (Å²) in [6.07, 6.45) is 1.80. The van der Waals surface area contributed by atoms with Crippen LogP contribution in [0.4, 0.5) is 4.39 Å². The third-order valence-corrected chi connectivity index (χ3v) is 2.24. The molecule has 14 heavy (non-hydrogen) atoms. The molecule has 0 heterocycles. The van der Waals surface area contributed by atoms with E-state index in [1.165, 1.54) is 12.1 Å². The Labute approximate surface area is 92.8 Å². The summed E-state index contributed by atoms with van der Waals surface area (Å²) in [6, 6.07) is 4.32. The first kappa shape index (κ1) is 11.6. The summed E-state index contributed by atoms with van der Waals surface area (Å²) in [7, 11) is 0. The normalized spacial score (nSPS) is 10.2. The van der Waals surface area contributed by atoms with E-state index in [-0.39, 0.29) is 5.02 Å². The van der Waals surface area contributed by atoms with Gasteiger partial charge >= 0.3 is 0 Å². The zero-order valence-electron chi connectivity index (χ0n) is 7.60. The van der Waals surface area contributed by atoms with Crippen molar-refractivity contribution >= 4 is 23.2 Å². The third-order valence-electron chi connectivity index (χ3n) is 1.69. The van der Waals surface area contributed by atoms with E-state index < -0.39 is 5.82 Å². The summed E-state index contributed by atoms with van der Waals surface area (Å²) in [4.78, 5) is 0. The molecule has 0 aliphatic rings. The highest BCUT2D eigenvalue weighted by molar-refractivity contribution is 6.30. The Morgan fingerprint density at radius 3 is 2.71 bits per heavy atom. The molecule has 0 N–H and O–H groups in total. The second-order valence-electron chi connectivity index (χ2n) is 2.82. The summed E-state index contributed by atoms with van der Waals surface area (Å²) >= 11 is 11.1. The van der Waals surface area contributed by atoms with Gasteiger partial charge in [0.1, 0.15) is 11.6 Å². The number of hydrogen-bond acceptors (Lipinski definition) is 1. The van der Waals surface area contributed by atoms with Crippen LogP contribution in [0.15, 0.2) is 18.2 Å². The lowest BCUT2D eigenvalue weighted by Crippen LogP contribution is -1.97. The SMILES string of the molecule is Fc1ccc(OCCCCCl)cc1Cl. The summed E-state index contributed by atoms with van der Waals surface area (Å²) in [5.74, 6) is 0.791. The van der Waals surface area contributed by atoms with Crippen molar-refractivity contribution in [3.05, 3.63) is 29.0 Å². The maximum absolute atomic E-state index is 12.7. The minimum Gasteiger partial charge on any atom is -0.494 e. The second-order valence-corrected chi connectivity index (χ2v) is 3.61. The average molecular weight is 237 g/mol. The van der Waals surface area contributed by atoms with Gasteiger partial charge in [-0.3, -0.25) is 0 Å². The van der Waals surface area contributed by atoms with Crippen LogP contribution in [0, 0.1) is 5.82 Å². The van der Waals surface area contributed by atoms with Crippen LogP contribution in [-0.2, 0) is 0 Å². The van der Waals surface area contributed by atoms with Gasteiger partial charge in [0.15, 0.2) is 0 Å². The van der Waals surface area contributed by atoms with Gasteiger partial charge in [0.05, 0.1) is 11.6 Å². The molecule has 0 radical (unpaired) electrons. The lowest BCUT2D eigenvalue weighted by Gasteiger charge is -2.05. The molecular formula is C10H11Cl2FO. The molecular weight excluding hydrogens is 226 g/mol. The van der Waals surface area contributed by atoms with E-state index in [1.54, 1.807) is 6.07 Å². The van der Waals surface area contributed by atoms with Crippen molar-refractivity contribution in [2.75, 3.05) is 12.5 Å². The van der Waals surface area contributed by atoms with Gasteiger partial charge < -0.3 is 4.74 Å². The number of halogens is 3. The van der Waals surface area contributed by atoms with E-state index >= 15 is 0 Å². The first-order valence-corrected chi connectivity index (χ1v) is 5.29. The summed E-state index contributed by atoms with van der Waals surface area (Å²) in [5.41, 5.74) is 0. The number of hydrogen-bond donors (Lipinski definition) is 0. The molecule has 1 aromatic carbocycles. The van der Waals surface area contributed by atoms with Crippen molar-refractivity contribution in [1.29, 1.82) is 0 Å². The smallest absolute Gasteiger partial charge is 0.142 e. The van der Waals surface area contributed by atoms with E-state index in [1.807, 2.05) is 0 Å². The predicted octanol–water partition coefficient (Wildman–Crippen LogP) is 3.88. The van der Waals surface area contributed by atoms with Crippen molar-refractivity contribution in [2.24, 2.45) is 0 Å². The molecule has 0 atom stereocenters. The van der Waals surface area contributed by atoms with Crippen LogP contribution in [0.25, 0.3) is 0 Å². The second kappa shape index (κ2) is 6.10. The van der Waals surface area contributed by atoms with Crippen LogP contribution in [0.3, 0.4) is 0 Å². The Kier molecular flexibility index (Phi) is 5.05. The fourth-order valence-corrected chi connectivity index (χ4v) is 1.31. The molecule has 0 amide bonds. The molecule has 0 fully saturated rings. The molecule has 0 unspecified atom stereocenters. The lowest BCUT2D eigenvalue weighted by molar-refractivity contribution is 0.309. The average Bonchev–Trinajstić information content (AvgIpc) is 2.18. The van der Waals surface area contributed by atoms with Crippen LogP contribution in [0.1, 0.15) is 12.8 Å². The van der Waals surface area contributed by atoms with Gasteiger partial charge in [-0.25, -0.2) is 4.39 Å². The number of ether oxygens (including phenoxy) is 1.